The fourth-order valence-corrected chi connectivity index (χ4v) is 5.31. The fourth-order valence-electron chi connectivity index (χ4n) is 4.41. The number of amides is 1. The number of thiophene rings is 1. The third kappa shape index (κ3) is 7.41. The molecule has 1 saturated heterocycles. The molecule has 0 radical (unpaired) electrons. The molecule has 1 aliphatic heterocycles. The fraction of sp³-hybridized carbons (Fsp3) is 0.300. The van der Waals surface area contributed by atoms with Gasteiger partial charge in [0.15, 0.2) is 0 Å². The topological polar surface area (TPSA) is 82.6 Å². The molecule has 2 aromatic carbocycles. The van der Waals surface area contributed by atoms with E-state index >= 15 is 0 Å². The maximum Gasteiger partial charge on any atom is 0.261 e. The van der Waals surface area contributed by atoms with Gasteiger partial charge in [0.05, 0.1) is 28.7 Å². The lowest BCUT2D eigenvalue weighted by Gasteiger charge is -2.26. The van der Waals surface area contributed by atoms with Gasteiger partial charge >= 0.3 is 0 Å². The van der Waals surface area contributed by atoms with Gasteiger partial charge in [0.1, 0.15) is 0 Å². The summed E-state index contributed by atoms with van der Waals surface area (Å²) >= 11 is 1.42. The Morgan fingerprint density at radius 3 is 2.69 bits per heavy atom. The summed E-state index contributed by atoms with van der Waals surface area (Å²) in [4.78, 5) is 28.0. The molecule has 9 heteroatoms. The molecule has 0 aliphatic carbocycles. The minimum atomic E-state index is -0.0946. The second-order valence-electron chi connectivity index (χ2n) is 9.71. The Labute approximate surface area is 233 Å². The predicted molar refractivity (Wildman–Crippen MR) is 158 cm³/mol. The summed E-state index contributed by atoms with van der Waals surface area (Å²) in [5, 5.41) is 6.36. The molecule has 0 bridgehead atoms. The quantitative estimate of drug-likeness (QED) is 0.297. The summed E-state index contributed by atoms with van der Waals surface area (Å²) in [5.74, 6) is 0.431. The summed E-state index contributed by atoms with van der Waals surface area (Å²) in [7, 11) is 4.01. The van der Waals surface area contributed by atoms with Crippen LogP contribution in [0.3, 0.4) is 0 Å². The largest absolute Gasteiger partial charge is 0.379 e. The zero-order valence-electron chi connectivity index (χ0n) is 22.4. The highest BCUT2D eigenvalue weighted by atomic mass is 32.1. The number of carbonyl (C=O) groups excluding carboxylic acids is 1. The maximum atomic E-state index is 12.8. The molecule has 0 atom stereocenters. The molecule has 4 aromatic rings. The number of aromatic nitrogens is 2. The monoisotopic (exact) mass is 542 g/mol. The van der Waals surface area contributed by atoms with E-state index in [1.165, 1.54) is 16.9 Å². The van der Waals surface area contributed by atoms with Crippen LogP contribution in [-0.4, -0.2) is 67.7 Å². The van der Waals surface area contributed by atoms with Gasteiger partial charge in [-0.1, -0.05) is 24.3 Å². The third-order valence-electron chi connectivity index (χ3n) is 6.62. The van der Waals surface area contributed by atoms with Crippen LogP contribution >= 0.6 is 11.3 Å². The molecule has 8 nitrogen and oxygen atoms in total. The van der Waals surface area contributed by atoms with E-state index in [1.807, 2.05) is 61.5 Å². The molecule has 3 heterocycles. The average Bonchev–Trinajstić information content (AvgIpc) is 3.47. The summed E-state index contributed by atoms with van der Waals surface area (Å²) in [6, 6.07) is 22.2. The first-order valence-corrected chi connectivity index (χ1v) is 14.0. The van der Waals surface area contributed by atoms with Gasteiger partial charge in [-0.05, 0) is 60.0 Å². The molecular formula is C30H34N6O2S. The van der Waals surface area contributed by atoms with E-state index in [1.54, 1.807) is 6.20 Å². The van der Waals surface area contributed by atoms with Gasteiger partial charge in [0.25, 0.3) is 5.91 Å². The Morgan fingerprint density at radius 2 is 1.85 bits per heavy atom. The van der Waals surface area contributed by atoms with Gasteiger partial charge in [-0.15, -0.1) is 11.3 Å². The van der Waals surface area contributed by atoms with Gasteiger partial charge in [-0.3, -0.25) is 9.69 Å². The second kappa shape index (κ2) is 12.8. The van der Waals surface area contributed by atoms with Crippen molar-refractivity contribution in [3.05, 3.63) is 88.9 Å². The Balaban J connectivity index is 1.19. The van der Waals surface area contributed by atoms with Crippen LogP contribution in [0.15, 0.2) is 72.9 Å². The van der Waals surface area contributed by atoms with Crippen molar-refractivity contribution < 1.29 is 9.53 Å². The minimum absolute atomic E-state index is 0.0946. The molecular weight excluding hydrogens is 508 g/mol. The van der Waals surface area contributed by atoms with Gasteiger partial charge in [-0.2, -0.15) is 0 Å². The van der Waals surface area contributed by atoms with Crippen molar-refractivity contribution in [3.63, 3.8) is 0 Å². The Morgan fingerprint density at radius 1 is 1.03 bits per heavy atom. The van der Waals surface area contributed by atoms with E-state index in [2.05, 4.69) is 44.8 Å². The Bertz CT molecular complexity index is 1400. The molecule has 0 unspecified atom stereocenters. The first-order chi connectivity index (χ1) is 19.0. The van der Waals surface area contributed by atoms with Crippen molar-refractivity contribution in [3.8, 4) is 10.6 Å². The van der Waals surface area contributed by atoms with E-state index in [-0.39, 0.29) is 5.91 Å². The van der Waals surface area contributed by atoms with Gasteiger partial charge in [0.2, 0.25) is 5.95 Å². The van der Waals surface area contributed by atoms with Crippen molar-refractivity contribution in [1.29, 1.82) is 0 Å². The molecule has 1 fully saturated rings. The van der Waals surface area contributed by atoms with Crippen LogP contribution in [0.5, 0.6) is 0 Å². The number of hydrogen-bond donors (Lipinski definition) is 2. The van der Waals surface area contributed by atoms with Crippen LogP contribution in [0.4, 0.5) is 17.3 Å². The SMILES string of the molecule is CN(C)c1cccc(CNC(=O)c2ccc(-c3ccnc(Nc4cccc(CCN5CCOCC5)c4)n3)s2)c1. The molecule has 2 aromatic heterocycles. The van der Waals surface area contributed by atoms with E-state index in [0.717, 1.165) is 66.8 Å². The van der Waals surface area contributed by atoms with Crippen molar-refractivity contribution in [2.45, 2.75) is 13.0 Å². The zero-order valence-corrected chi connectivity index (χ0v) is 23.2. The summed E-state index contributed by atoms with van der Waals surface area (Å²) < 4.78 is 5.44. The van der Waals surface area contributed by atoms with Crippen LogP contribution in [0.25, 0.3) is 10.6 Å². The first-order valence-electron chi connectivity index (χ1n) is 13.2. The van der Waals surface area contributed by atoms with Gasteiger partial charge in [-0.25, -0.2) is 9.97 Å². The van der Waals surface area contributed by atoms with Crippen molar-refractivity contribution in [2.24, 2.45) is 0 Å². The standard InChI is InChI=1S/C30H34N6O2S/c1-35(2)25-8-4-6-23(20-25)21-32-29(37)28-10-9-27(39-28)26-11-13-31-30(34-26)33-24-7-3-5-22(19-24)12-14-36-15-17-38-18-16-36/h3-11,13,19-20H,12,14-18,21H2,1-2H3,(H,32,37)(H,31,33,34). The molecule has 39 heavy (non-hydrogen) atoms. The molecule has 202 valence electrons. The first kappa shape index (κ1) is 26.8. The van der Waals surface area contributed by atoms with Crippen LogP contribution in [0, 0.1) is 0 Å². The number of ether oxygens (including phenoxy) is 1. The third-order valence-corrected chi connectivity index (χ3v) is 7.73. The van der Waals surface area contributed by atoms with E-state index < -0.39 is 0 Å². The molecule has 5 rings (SSSR count). The Kier molecular flexibility index (Phi) is 8.82. The number of carbonyl (C=O) groups is 1. The number of rotatable bonds is 10. The summed E-state index contributed by atoms with van der Waals surface area (Å²) in [6.07, 6.45) is 2.72. The van der Waals surface area contributed by atoms with E-state index in [9.17, 15) is 4.79 Å². The van der Waals surface area contributed by atoms with E-state index in [4.69, 9.17) is 9.72 Å². The molecule has 0 spiro atoms. The highest BCUT2D eigenvalue weighted by Gasteiger charge is 2.13. The van der Waals surface area contributed by atoms with Gasteiger partial charge < -0.3 is 20.3 Å². The normalized spacial score (nSPS) is 13.7. The zero-order chi connectivity index (χ0) is 27.0. The number of morpholine rings is 1. The second-order valence-corrected chi connectivity index (χ2v) is 10.8. The number of benzene rings is 2. The Hall–Kier alpha value is -3.79. The van der Waals surface area contributed by atoms with E-state index in [0.29, 0.717) is 17.4 Å². The van der Waals surface area contributed by atoms with Crippen LogP contribution in [0.2, 0.25) is 0 Å². The van der Waals surface area contributed by atoms with Crippen LogP contribution in [-0.2, 0) is 17.7 Å². The molecule has 1 aliphatic rings. The molecule has 0 saturated carbocycles. The smallest absolute Gasteiger partial charge is 0.261 e. The predicted octanol–water partition coefficient (Wildman–Crippen LogP) is 4.82. The van der Waals surface area contributed by atoms with Crippen LogP contribution < -0.4 is 15.5 Å². The lowest BCUT2D eigenvalue weighted by Crippen LogP contribution is -2.37. The van der Waals surface area contributed by atoms with Crippen LogP contribution in [0.1, 0.15) is 20.8 Å². The lowest BCUT2D eigenvalue weighted by molar-refractivity contribution is 0.0384. The molecule has 1 amide bonds. The molecule has 2 N–H and O–H groups in total. The van der Waals surface area contributed by atoms with Crippen molar-refractivity contribution in [2.75, 3.05) is 57.2 Å². The van der Waals surface area contributed by atoms with Crippen molar-refractivity contribution >= 4 is 34.6 Å². The maximum absolute atomic E-state index is 12.8. The number of nitrogens with zero attached hydrogens (tertiary/aromatic N) is 4. The van der Waals surface area contributed by atoms with Gasteiger partial charge in [0, 0.05) is 57.8 Å². The van der Waals surface area contributed by atoms with Crippen molar-refractivity contribution in [1.82, 2.24) is 20.2 Å². The minimum Gasteiger partial charge on any atom is -0.379 e. The number of hydrogen-bond acceptors (Lipinski definition) is 8. The highest BCUT2D eigenvalue weighted by Crippen LogP contribution is 2.28. The number of nitrogens with one attached hydrogen (secondary N) is 2. The summed E-state index contributed by atoms with van der Waals surface area (Å²) in [5.41, 5.74) is 5.16. The summed E-state index contributed by atoms with van der Waals surface area (Å²) in [6.45, 7) is 5.12. The lowest BCUT2D eigenvalue weighted by atomic mass is 10.1. The number of anilines is 3. The average molecular weight is 543 g/mol. The highest BCUT2D eigenvalue weighted by molar-refractivity contribution is 7.17.